The van der Waals surface area contributed by atoms with Crippen LogP contribution in [0.2, 0.25) is 0 Å². The lowest BCUT2D eigenvalue weighted by molar-refractivity contribution is -0.130. The monoisotopic (exact) mass is 406 g/mol. The molecule has 0 bridgehead atoms. The first-order valence-corrected chi connectivity index (χ1v) is 10.5. The minimum absolute atomic E-state index is 0.182. The number of nitrogens with zero attached hydrogens (tertiary/aromatic N) is 5. The van der Waals surface area contributed by atoms with Crippen molar-refractivity contribution in [1.82, 2.24) is 20.1 Å². The van der Waals surface area contributed by atoms with Gasteiger partial charge in [-0.3, -0.25) is 4.79 Å². The van der Waals surface area contributed by atoms with Crippen LogP contribution in [-0.4, -0.2) is 78.5 Å². The minimum atomic E-state index is 0.182. The molecule has 0 atom stereocenters. The first kappa shape index (κ1) is 18.9. The van der Waals surface area contributed by atoms with Crippen LogP contribution in [-0.2, 0) is 16.0 Å². The highest BCUT2D eigenvalue weighted by Gasteiger charge is 2.23. The van der Waals surface area contributed by atoms with Crippen molar-refractivity contribution in [2.24, 2.45) is 0 Å². The molecule has 5 rings (SSSR count). The summed E-state index contributed by atoms with van der Waals surface area (Å²) in [5.74, 6) is 1.08. The number of aromatic nitrogens is 3. The summed E-state index contributed by atoms with van der Waals surface area (Å²) in [5.41, 5.74) is 3.20. The van der Waals surface area contributed by atoms with Crippen molar-refractivity contribution < 1.29 is 9.53 Å². The number of anilines is 2. The third-order valence-corrected chi connectivity index (χ3v) is 5.98. The van der Waals surface area contributed by atoms with Crippen molar-refractivity contribution >= 4 is 28.3 Å². The number of aromatic amines is 1. The Labute approximate surface area is 175 Å². The van der Waals surface area contributed by atoms with E-state index in [1.54, 1.807) is 0 Å². The van der Waals surface area contributed by atoms with Gasteiger partial charge in [0.15, 0.2) is 5.82 Å². The first-order valence-electron chi connectivity index (χ1n) is 10.5. The lowest BCUT2D eigenvalue weighted by Gasteiger charge is -2.36. The molecule has 0 saturated carbocycles. The average molecular weight is 406 g/mol. The third kappa shape index (κ3) is 3.82. The summed E-state index contributed by atoms with van der Waals surface area (Å²) < 4.78 is 5.42. The Kier molecular flexibility index (Phi) is 5.23. The molecule has 3 aromatic rings. The zero-order valence-electron chi connectivity index (χ0n) is 17.0. The van der Waals surface area contributed by atoms with Gasteiger partial charge in [-0.05, 0) is 11.6 Å². The Balaban J connectivity index is 1.20. The molecule has 2 saturated heterocycles. The fourth-order valence-electron chi connectivity index (χ4n) is 4.23. The maximum atomic E-state index is 12.9. The third-order valence-electron chi connectivity index (χ3n) is 5.98. The minimum Gasteiger partial charge on any atom is -0.378 e. The van der Waals surface area contributed by atoms with Crippen LogP contribution in [0.4, 0.5) is 11.5 Å². The lowest BCUT2D eigenvalue weighted by Crippen LogP contribution is -2.49. The number of ether oxygens (including phenoxy) is 1. The molecule has 0 radical (unpaired) electrons. The molecule has 2 aliphatic heterocycles. The van der Waals surface area contributed by atoms with E-state index in [1.807, 2.05) is 35.5 Å². The molecule has 0 spiro atoms. The number of morpholine rings is 1. The molecule has 2 aromatic heterocycles. The molecular formula is C22H26N6O2. The first-order chi connectivity index (χ1) is 14.8. The fraction of sp³-hybridized carbons (Fsp3) is 0.409. The Morgan fingerprint density at radius 1 is 1.03 bits per heavy atom. The summed E-state index contributed by atoms with van der Waals surface area (Å²) >= 11 is 0. The molecule has 4 heterocycles. The van der Waals surface area contributed by atoms with Gasteiger partial charge in [-0.15, -0.1) is 5.10 Å². The highest BCUT2D eigenvalue weighted by Crippen LogP contribution is 2.22. The molecule has 156 valence electrons. The maximum absolute atomic E-state index is 12.9. The van der Waals surface area contributed by atoms with Gasteiger partial charge in [-0.1, -0.05) is 18.2 Å². The summed E-state index contributed by atoms with van der Waals surface area (Å²) in [5, 5.41) is 9.63. The van der Waals surface area contributed by atoms with Crippen LogP contribution >= 0.6 is 0 Å². The van der Waals surface area contributed by atoms with Crippen LogP contribution in [0.25, 0.3) is 10.9 Å². The van der Waals surface area contributed by atoms with E-state index in [-0.39, 0.29) is 5.91 Å². The van der Waals surface area contributed by atoms with Gasteiger partial charge in [0.25, 0.3) is 0 Å². The quantitative estimate of drug-likeness (QED) is 0.711. The van der Waals surface area contributed by atoms with E-state index in [0.29, 0.717) is 6.42 Å². The van der Waals surface area contributed by atoms with Gasteiger partial charge in [0.1, 0.15) is 0 Å². The van der Waals surface area contributed by atoms with E-state index in [4.69, 9.17) is 4.74 Å². The second-order valence-corrected chi connectivity index (χ2v) is 7.78. The standard InChI is InChI=1S/C22H26N6O2/c29-22(13-17-15-23-20-4-2-1-3-19(17)20)28-7-5-26(6-8-28)18-14-21(25-24-16-18)27-9-11-30-12-10-27/h1-4,14-16,23H,5-13H2. The number of carbonyl (C=O) groups excluding carboxylic acids is 1. The average Bonchev–Trinajstić information content (AvgIpc) is 3.23. The number of nitrogens with one attached hydrogen (secondary N) is 1. The van der Waals surface area contributed by atoms with Crippen molar-refractivity contribution in [1.29, 1.82) is 0 Å². The molecule has 30 heavy (non-hydrogen) atoms. The molecule has 8 nitrogen and oxygen atoms in total. The van der Waals surface area contributed by atoms with E-state index in [0.717, 1.165) is 80.5 Å². The van der Waals surface area contributed by atoms with Gasteiger partial charge in [-0.2, -0.15) is 5.10 Å². The van der Waals surface area contributed by atoms with E-state index in [9.17, 15) is 4.79 Å². The molecule has 1 amide bonds. The maximum Gasteiger partial charge on any atom is 0.227 e. The van der Waals surface area contributed by atoms with Gasteiger partial charge >= 0.3 is 0 Å². The van der Waals surface area contributed by atoms with Crippen molar-refractivity contribution in [2.45, 2.75) is 6.42 Å². The Morgan fingerprint density at radius 2 is 1.83 bits per heavy atom. The second-order valence-electron chi connectivity index (χ2n) is 7.78. The fourth-order valence-corrected chi connectivity index (χ4v) is 4.23. The van der Waals surface area contributed by atoms with Crippen LogP contribution in [0.5, 0.6) is 0 Å². The van der Waals surface area contributed by atoms with Gasteiger partial charge in [0, 0.05) is 62.4 Å². The highest BCUT2D eigenvalue weighted by molar-refractivity contribution is 5.89. The predicted octanol–water partition coefficient (Wildman–Crippen LogP) is 1.69. The second kappa shape index (κ2) is 8.31. The topological polar surface area (TPSA) is 77.6 Å². The van der Waals surface area contributed by atoms with Crippen LogP contribution in [0.1, 0.15) is 5.56 Å². The number of amides is 1. The summed E-state index contributed by atoms with van der Waals surface area (Å²) in [7, 11) is 0. The molecule has 2 aliphatic rings. The zero-order valence-corrected chi connectivity index (χ0v) is 17.0. The van der Waals surface area contributed by atoms with Crippen molar-refractivity contribution in [3.63, 3.8) is 0 Å². The van der Waals surface area contributed by atoms with Gasteiger partial charge in [0.2, 0.25) is 5.91 Å². The highest BCUT2D eigenvalue weighted by atomic mass is 16.5. The predicted molar refractivity (Wildman–Crippen MR) is 116 cm³/mol. The van der Waals surface area contributed by atoms with Crippen LogP contribution < -0.4 is 9.80 Å². The SMILES string of the molecule is O=C(Cc1c[nH]c2ccccc12)N1CCN(c2cnnc(N3CCOCC3)c2)CC1. The molecular weight excluding hydrogens is 380 g/mol. The number of rotatable bonds is 4. The van der Waals surface area contributed by atoms with E-state index in [2.05, 4.69) is 37.1 Å². The van der Waals surface area contributed by atoms with Gasteiger partial charge in [0.05, 0.1) is 31.5 Å². The summed E-state index contributed by atoms with van der Waals surface area (Å²) in [6, 6.07) is 10.2. The summed E-state index contributed by atoms with van der Waals surface area (Å²) in [6.07, 6.45) is 4.20. The van der Waals surface area contributed by atoms with E-state index in [1.165, 1.54) is 0 Å². The Hall–Kier alpha value is -3.13. The Morgan fingerprint density at radius 3 is 2.67 bits per heavy atom. The molecule has 1 N–H and O–H groups in total. The number of fused-ring (bicyclic) bond motifs is 1. The molecule has 2 fully saturated rings. The number of benzene rings is 1. The van der Waals surface area contributed by atoms with Crippen LogP contribution in [0, 0.1) is 0 Å². The summed E-state index contributed by atoms with van der Waals surface area (Å²) in [6.45, 7) is 6.17. The Bertz CT molecular complexity index is 1020. The normalized spacial score (nSPS) is 17.5. The van der Waals surface area contributed by atoms with Crippen molar-refractivity contribution in [3.8, 4) is 0 Å². The summed E-state index contributed by atoms with van der Waals surface area (Å²) in [4.78, 5) is 22.6. The molecule has 8 heteroatoms. The van der Waals surface area contributed by atoms with E-state index >= 15 is 0 Å². The molecule has 0 aliphatic carbocycles. The number of hydrogen-bond acceptors (Lipinski definition) is 6. The number of piperazine rings is 1. The van der Waals surface area contributed by atoms with Crippen molar-refractivity contribution in [2.75, 3.05) is 62.3 Å². The van der Waals surface area contributed by atoms with Crippen LogP contribution in [0.3, 0.4) is 0 Å². The zero-order chi connectivity index (χ0) is 20.3. The number of hydrogen-bond donors (Lipinski definition) is 1. The van der Waals surface area contributed by atoms with Crippen molar-refractivity contribution in [3.05, 3.63) is 48.3 Å². The van der Waals surface area contributed by atoms with Gasteiger partial charge < -0.3 is 24.4 Å². The number of carbonyl (C=O) groups is 1. The smallest absolute Gasteiger partial charge is 0.227 e. The molecule has 1 aromatic carbocycles. The largest absolute Gasteiger partial charge is 0.378 e. The lowest BCUT2D eigenvalue weighted by atomic mass is 10.1. The molecule has 0 unspecified atom stereocenters. The number of H-pyrrole nitrogens is 1. The van der Waals surface area contributed by atoms with E-state index < -0.39 is 0 Å². The van der Waals surface area contributed by atoms with Crippen LogP contribution in [0.15, 0.2) is 42.7 Å². The number of para-hydroxylation sites is 1. The van der Waals surface area contributed by atoms with Gasteiger partial charge in [-0.25, -0.2) is 0 Å².